The molecule has 1 fully saturated rings. The predicted octanol–water partition coefficient (Wildman–Crippen LogP) is 4.33. The van der Waals surface area contributed by atoms with E-state index in [0.717, 1.165) is 34.6 Å². The van der Waals surface area contributed by atoms with E-state index >= 15 is 0 Å². The number of carbonyl (C=O) groups excluding carboxylic acids is 1. The minimum atomic E-state index is -0.208. The van der Waals surface area contributed by atoms with Crippen molar-refractivity contribution < 1.29 is 4.79 Å². The Morgan fingerprint density at radius 3 is 2.53 bits per heavy atom. The van der Waals surface area contributed by atoms with Crippen molar-refractivity contribution in [2.45, 2.75) is 32.4 Å². The van der Waals surface area contributed by atoms with Crippen molar-refractivity contribution in [3.8, 4) is 0 Å². The van der Waals surface area contributed by atoms with Crippen molar-refractivity contribution in [3.05, 3.63) is 95.3 Å². The number of aryl methyl sites for hydroxylation is 1. The van der Waals surface area contributed by atoms with Crippen LogP contribution in [0, 0.1) is 6.92 Å². The molecule has 0 saturated carbocycles. The van der Waals surface area contributed by atoms with E-state index < -0.39 is 0 Å². The molecule has 0 bridgehead atoms. The molecule has 1 aliphatic rings. The van der Waals surface area contributed by atoms with Crippen molar-refractivity contribution in [3.63, 3.8) is 0 Å². The molecule has 1 aliphatic heterocycles. The van der Waals surface area contributed by atoms with Crippen LogP contribution in [0.3, 0.4) is 0 Å². The third-order valence-electron chi connectivity index (χ3n) is 5.39. The van der Waals surface area contributed by atoms with Crippen molar-refractivity contribution in [2.24, 2.45) is 4.99 Å². The zero-order chi connectivity index (χ0) is 20.9. The first-order valence-corrected chi connectivity index (χ1v) is 10.3. The van der Waals surface area contributed by atoms with Gasteiger partial charge in [-0.2, -0.15) is 0 Å². The van der Waals surface area contributed by atoms with Crippen LogP contribution in [-0.4, -0.2) is 28.0 Å². The molecule has 1 aromatic heterocycles. The van der Waals surface area contributed by atoms with Crippen molar-refractivity contribution in [2.75, 3.05) is 12.3 Å². The number of benzene rings is 2. The molecule has 4 rings (SSSR count). The molecule has 152 valence electrons. The number of hydrogen-bond acceptors (Lipinski definition) is 4. The van der Waals surface area contributed by atoms with Crippen LogP contribution in [0.15, 0.2) is 77.8 Å². The molecule has 5 nitrogen and oxygen atoms in total. The van der Waals surface area contributed by atoms with Crippen molar-refractivity contribution in [1.82, 2.24) is 9.88 Å². The minimum absolute atomic E-state index is 0.0937. The Labute approximate surface area is 177 Å². The second kappa shape index (κ2) is 8.91. The van der Waals surface area contributed by atoms with Gasteiger partial charge >= 0.3 is 0 Å². The van der Waals surface area contributed by atoms with Gasteiger partial charge in [0, 0.05) is 35.6 Å². The van der Waals surface area contributed by atoms with E-state index in [1.54, 1.807) is 0 Å². The summed E-state index contributed by atoms with van der Waals surface area (Å²) in [5.41, 5.74) is 11.8. The monoisotopic (exact) mass is 398 g/mol. The first kappa shape index (κ1) is 19.8. The van der Waals surface area contributed by atoms with Gasteiger partial charge in [0.15, 0.2) is 0 Å². The summed E-state index contributed by atoms with van der Waals surface area (Å²) in [6, 6.07) is 23.6. The minimum Gasteiger partial charge on any atom is -0.398 e. The number of nitrogens with two attached hydrogens (primary N) is 1. The zero-order valence-electron chi connectivity index (χ0n) is 17.2. The second-order valence-corrected chi connectivity index (χ2v) is 7.65. The standard InChI is InChI=1S/C25H26N4O/c1-18-8-7-11-21(27-18)17-29-15-14-20(16-24(29)30)28-25(19-9-3-2-4-10-19)22-12-5-6-13-23(22)26/h2-13,25H,14-17,26H2,1H3. The summed E-state index contributed by atoms with van der Waals surface area (Å²) in [5, 5.41) is 0. The molecule has 2 N–H and O–H groups in total. The summed E-state index contributed by atoms with van der Waals surface area (Å²) < 4.78 is 0. The lowest BCUT2D eigenvalue weighted by molar-refractivity contribution is -0.131. The van der Waals surface area contributed by atoms with Crippen LogP contribution in [0.2, 0.25) is 0 Å². The fraction of sp³-hybridized carbons (Fsp3) is 0.240. The highest BCUT2D eigenvalue weighted by Gasteiger charge is 2.25. The Morgan fingerprint density at radius 1 is 1.03 bits per heavy atom. The Bertz CT molecular complexity index is 1060. The number of para-hydroxylation sites is 1. The number of anilines is 1. The van der Waals surface area contributed by atoms with E-state index in [0.29, 0.717) is 25.2 Å². The van der Waals surface area contributed by atoms with Crippen LogP contribution in [0.4, 0.5) is 5.69 Å². The van der Waals surface area contributed by atoms with Crippen LogP contribution >= 0.6 is 0 Å². The molecule has 1 atom stereocenters. The van der Waals surface area contributed by atoms with Gasteiger partial charge in [-0.25, -0.2) is 0 Å². The molecular formula is C25H26N4O. The van der Waals surface area contributed by atoms with Gasteiger partial charge in [0.05, 0.1) is 18.7 Å². The number of hydrogen-bond donors (Lipinski definition) is 1. The first-order valence-electron chi connectivity index (χ1n) is 10.3. The van der Waals surface area contributed by atoms with Crippen LogP contribution in [-0.2, 0) is 11.3 Å². The highest BCUT2D eigenvalue weighted by molar-refractivity contribution is 6.03. The molecule has 0 spiro atoms. The number of pyridine rings is 1. The average molecular weight is 399 g/mol. The molecule has 2 aromatic carbocycles. The second-order valence-electron chi connectivity index (χ2n) is 7.65. The summed E-state index contributed by atoms with van der Waals surface area (Å²) in [4.78, 5) is 24.2. The maximum absolute atomic E-state index is 12.8. The molecule has 1 amide bonds. The number of aromatic nitrogens is 1. The summed E-state index contributed by atoms with van der Waals surface area (Å²) >= 11 is 0. The van der Waals surface area contributed by atoms with Crippen molar-refractivity contribution in [1.29, 1.82) is 0 Å². The normalized spacial score (nSPS) is 16.6. The van der Waals surface area contributed by atoms with E-state index in [4.69, 9.17) is 10.7 Å². The van der Waals surface area contributed by atoms with Gasteiger partial charge in [0.25, 0.3) is 0 Å². The number of rotatable bonds is 5. The number of amides is 1. The fourth-order valence-electron chi connectivity index (χ4n) is 3.83. The Balaban J connectivity index is 1.55. The van der Waals surface area contributed by atoms with E-state index in [1.807, 2.05) is 72.5 Å². The highest BCUT2D eigenvalue weighted by atomic mass is 16.2. The lowest BCUT2D eigenvalue weighted by Crippen LogP contribution is -2.38. The van der Waals surface area contributed by atoms with E-state index in [9.17, 15) is 4.79 Å². The molecule has 3 aromatic rings. The molecule has 0 radical (unpaired) electrons. The van der Waals surface area contributed by atoms with E-state index in [1.165, 1.54) is 0 Å². The topological polar surface area (TPSA) is 71.6 Å². The number of piperidine rings is 1. The Kier molecular flexibility index (Phi) is 5.89. The summed E-state index contributed by atoms with van der Waals surface area (Å²) in [6.07, 6.45) is 1.09. The van der Waals surface area contributed by atoms with Gasteiger partial charge in [-0.3, -0.25) is 14.8 Å². The number of likely N-dealkylation sites (tertiary alicyclic amines) is 1. The van der Waals surface area contributed by atoms with Gasteiger partial charge in [0.1, 0.15) is 6.04 Å². The quantitative estimate of drug-likeness (QED) is 0.651. The molecule has 1 saturated heterocycles. The van der Waals surface area contributed by atoms with Crippen LogP contribution in [0.5, 0.6) is 0 Å². The largest absolute Gasteiger partial charge is 0.398 e. The van der Waals surface area contributed by atoms with Gasteiger partial charge in [-0.1, -0.05) is 54.6 Å². The average Bonchev–Trinajstić information content (AvgIpc) is 2.75. The highest BCUT2D eigenvalue weighted by Crippen LogP contribution is 2.31. The van der Waals surface area contributed by atoms with Crippen LogP contribution in [0.1, 0.15) is 41.4 Å². The number of nitrogen functional groups attached to an aromatic ring is 1. The zero-order valence-corrected chi connectivity index (χ0v) is 17.2. The lowest BCUT2D eigenvalue weighted by atomic mass is 9.96. The maximum atomic E-state index is 12.8. The Morgan fingerprint density at radius 2 is 1.80 bits per heavy atom. The SMILES string of the molecule is Cc1cccc(CN2CCC(=NC(c3ccccc3)c3ccccc3N)CC2=O)n1. The van der Waals surface area contributed by atoms with Gasteiger partial charge in [0.2, 0.25) is 5.91 Å². The summed E-state index contributed by atoms with van der Waals surface area (Å²) in [5.74, 6) is 0.0937. The van der Waals surface area contributed by atoms with E-state index in [-0.39, 0.29) is 11.9 Å². The summed E-state index contributed by atoms with van der Waals surface area (Å²) in [6.45, 7) is 3.16. The molecule has 5 heteroatoms. The number of nitrogens with zero attached hydrogens (tertiary/aromatic N) is 3. The number of carbonyl (C=O) groups is 1. The molecule has 2 heterocycles. The fourth-order valence-corrected chi connectivity index (χ4v) is 3.83. The maximum Gasteiger partial charge on any atom is 0.228 e. The molecule has 30 heavy (non-hydrogen) atoms. The van der Waals surface area contributed by atoms with Gasteiger partial charge < -0.3 is 10.6 Å². The van der Waals surface area contributed by atoms with Crippen LogP contribution < -0.4 is 5.73 Å². The smallest absolute Gasteiger partial charge is 0.228 e. The third kappa shape index (κ3) is 4.57. The van der Waals surface area contributed by atoms with E-state index in [2.05, 4.69) is 17.1 Å². The van der Waals surface area contributed by atoms with Crippen molar-refractivity contribution >= 4 is 17.3 Å². The van der Waals surface area contributed by atoms with Gasteiger partial charge in [-0.05, 0) is 30.7 Å². The molecule has 1 unspecified atom stereocenters. The lowest BCUT2D eigenvalue weighted by Gasteiger charge is -2.28. The predicted molar refractivity (Wildman–Crippen MR) is 120 cm³/mol. The number of aliphatic imine (C=N–C) groups is 1. The van der Waals surface area contributed by atoms with Gasteiger partial charge in [-0.15, -0.1) is 0 Å². The summed E-state index contributed by atoms with van der Waals surface area (Å²) in [7, 11) is 0. The third-order valence-corrected chi connectivity index (χ3v) is 5.39. The Hall–Kier alpha value is -3.47. The molecular weight excluding hydrogens is 372 g/mol. The first-order chi connectivity index (χ1) is 14.6. The van der Waals surface area contributed by atoms with Crippen LogP contribution in [0.25, 0.3) is 0 Å². The molecule has 0 aliphatic carbocycles.